The van der Waals surface area contributed by atoms with E-state index >= 15 is 0 Å². The monoisotopic (exact) mass is 144 g/mol. The van der Waals surface area contributed by atoms with Gasteiger partial charge < -0.3 is 5.11 Å². The van der Waals surface area contributed by atoms with Crippen LogP contribution in [0.25, 0.3) is 0 Å². The Bertz CT molecular complexity index is 178. The maximum Gasteiger partial charge on any atom is 0.156 e. The Labute approximate surface area is 57.3 Å². The van der Waals surface area contributed by atoms with E-state index in [2.05, 4.69) is 9.97 Å². The first-order valence-electron chi connectivity index (χ1n) is 2.38. The standard InChI is InChI=1S/C5H5ClN2O/c6-5(9)4-1-7-3-8-2-4/h1-3,5,9H. The van der Waals surface area contributed by atoms with Crippen molar-refractivity contribution in [1.82, 2.24) is 9.97 Å². The SMILES string of the molecule is OC(Cl)c1cncnc1. The van der Waals surface area contributed by atoms with E-state index in [0.29, 0.717) is 5.56 Å². The van der Waals surface area contributed by atoms with E-state index in [0.717, 1.165) is 0 Å². The third kappa shape index (κ3) is 1.62. The predicted octanol–water partition coefficient (Wildman–Crippen LogP) is 0.706. The molecular formula is C5H5ClN2O. The lowest BCUT2D eigenvalue weighted by molar-refractivity contribution is 0.262. The molecule has 0 saturated carbocycles. The zero-order chi connectivity index (χ0) is 6.69. The smallest absolute Gasteiger partial charge is 0.156 e. The highest BCUT2D eigenvalue weighted by atomic mass is 35.5. The maximum absolute atomic E-state index is 8.71. The summed E-state index contributed by atoms with van der Waals surface area (Å²) in [6.45, 7) is 0. The molecular weight excluding hydrogens is 140 g/mol. The van der Waals surface area contributed by atoms with Crippen molar-refractivity contribution in [3.8, 4) is 0 Å². The van der Waals surface area contributed by atoms with Crippen LogP contribution in [0.5, 0.6) is 0 Å². The Morgan fingerprint density at radius 1 is 1.44 bits per heavy atom. The number of alkyl halides is 1. The molecule has 0 radical (unpaired) electrons. The number of aliphatic hydroxyl groups excluding tert-OH is 1. The zero-order valence-corrected chi connectivity index (χ0v) is 5.28. The second-order valence-corrected chi connectivity index (χ2v) is 1.92. The van der Waals surface area contributed by atoms with Gasteiger partial charge in [-0.25, -0.2) is 9.97 Å². The molecule has 0 fully saturated rings. The van der Waals surface area contributed by atoms with Crippen molar-refractivity contribution in [2.45, 2.75) is 5.56 Å². The van der Waals surface area contributed by atoms with Crippen molar-refractivity contribution in [1.29, 1.82) is 0 Å². The highest BCUT2D eigenvalue weighted by Gasteiger charge is 1.99. The normalized spacial score (nSPS) is 13.1. The largest absolute Gasteiger partial charge is 0.373 e. The minimum atomic E-state index is -0.994. The molecule has 1 atom stereocenters. The summed E-state index contributed by atoms with van der Waals surface area (Å²) in [5.41, 5.74) is -0.481. The first-order chi connectivity index (χ1) is 4.30. The van der Waals surface area contributed by atoms with Gasteiger partial charge in [0.25, 0.3) is 0 Å². The van der Waals surface area contributed by atoms with Crippen molar-refractivity contribution >= 4 is 11.6 Å². The van der Waals surface area contributed by atoms with Gasteiger partial charge in [-0.2, -0.15) is 0 Å². The van der Waals surface area contributed by atoms with Gasteiger partial charge >= 0.3 is 0 Å². The molecule has 1 N–H and O–H groups in total. The summed E-state index contributed by atoms with van der Waals surface area (Å²) < 4.78 is 0. The molecule has 48 valence electrons. The molecule has 0 aliphatic rings. The van der Waals surface area contributed by atoms with Crippen molar-refractivity contribution in [3.63, 3.8) is 0 Å². The van der Waals surface area contributed by atoms with Gasteiger partial charge in [0.15, 0.2) is 5.56 Å². The highest BCUT2D eigenvalue weighted by molar-refractivity contribution is 6.19. The topological polar surface area (TPSA) is 46.0 Å². The van der Waals surface area contributed by atoms with E-state index in [-0.39, 0.29) is 0 Å². The van der Waals surface area contributed by atoms with Gasteiger partial charge in [0.2, 0.25) is 0 Å². The van der Waals surface area contributed by atoms with Crippen LogP contribution in [0.3, 0.4) is 0 Å². The van der Waals surface area contributed by atoms with E-state index in [1.165, 1.54) is 18.7 Å². The molecule has 0 aromatic carbocycles. The molecule has 1 unspecified atom stereocenters. The van der Waals surface area contributed by atoms with Gasteiger partial charge in [-0.1, -0.05) is 11.6 Å². The number of hydrogen-bond donors (Lipinski definition) is 1. The van der Waals surface area contributed by atoms with Gasteiger partial charge in [-0.05, 0) is 0 Å². The summed E-state index contributed by atoms with van der Waals surface area (Å²) in [5.74, 6) is 0. The molecule has 4 heteroatoms. The third-order valence-electron chi connectivity index (χ3n) is 0.856. The average Bonchev–Trinajstić information content (AvgIpc) is 1.90. The Kier molecular flexibility index (Phi) is 1.97. The van der Waals surface area contributed by atoms with Crippen LogP contribution in [0.4, 0.5) is 0 Å². The van der Waals surface area contributed by atoms with Crippen LogP contribution >= 0.6 is 11.6 Å². The molecule has 1 aromatic heterocycles. The molecule has 0 aliphatic carbocycles. The number of aromatic nitrogens is 2. The first-order valence-corrected chi connectivity index (χ1v) is 2.81. The van der Waals surface area contributed by atoms with E-state index < -0.39 is 5.56 Å². The van der Waals surface area contributed by atoms with Crippen molar-refractivity contribution < 1.29 is 5.11 Å². The Hall–Kier alpha value is -0.670. The molecule has 0 aliphatic heterocycles. The molecule has 1 aromatic rings. The Morgan fingerprint density at radius 2 is 2.00 bits per heavy atom. The first kappa shape index (κ1) is 6.45. The zero-order valence-electron chi connectivity index (χ0n) is 4.53. The Balaban J connectivity index is 2.85. The molecule has 0 bridgehead atoms. The van der Waals surface area contributed by atoms with Gasteiger partial charge in [-0.3, -0.25) is 0 Å². The quantitative estimate of drug-likeness (QED) is 0.591. The van der Waals surface area contributed by atoms with E-state index in [9.17, 15) is 0 Å². The summed E-state index contributed by atoms with van der Waals surface area (Å²) in [6.07, 6.45) is 4.30. The van der Waals surface area contributed by atoms with Crippen LogP contribution in [-0.4, -0.2) is 15.1 Å². The molecule has 1 heterocycles. The average molecular weight is 145 g/mol. The lowest BCUT2D eigenvalue weighted by atomic mass is 10.4. The van der Waals surface area contributed by atoms with Gasteiger partial charge in [0, 0.05) is 18.0 Å². The molecule has 0 amide bonds. The number of rotatable bonds is 1. The lowest BCUT2D eigenvalue weighted by Crippen LogP contribution is -1.89. The van der Waals surface area contributed by atoms with Gasteiger partial charge in [0.1, 0.15) is 6.33 Å². The van der Waals surface area contributed by atoms with Crippen LogP contribution in [0.15, 0.2) is 18.7 Å². The lowest BCUT2D eigenvalue weighted by Gasteiger charge is -1.97. The third-order valence-corrected chi connectivity index (χ3v) is 1.11. The summed E-state index contributed by atoms with van der Waals surface area (Å²) in [6, 6.07) is 0. The summed E-state index contributed by atoms with van der Waals surface area (Å²) >= 11 is 5.28. The van der Waals surface area contributed by atoms with Crippen molar-refractivity contribution in [2.24, 2.45) is 0 Å². The predicted molar refractivity (Wildman–Crippen MR) is 32.8 cm³/mol. The molecule has 1 rings (SSSR count). The van der Waals surface area contributed by atoms with E-state index in [1.54, 1.807) is 0 Å². The van der Waals surface area contributed by atoms with Crippen LogP contribution in [0, 0.1) is 0 Å². The second-order valence-electron chi connectivity index (χ2n) is 1.51. The number of nitrogens with zero attached hydrogens (tertiary/aromatic N) is 2. The molecule has 0 spiro atoms. The van der Waals surface area contributed by atoms with Crippen LogP contribution in [0.1, 0.15) is 11.1 Å². The summed E-state index contributed by atoms with van der Waals surface area (Å²) in [7, 11) is 0. The Morgan fingerprint density at radius 3 is 2.33 bits per heavy atom. The van der Waals surface area contributed by atoms with Crippen molar-refractivity contribution in [3.05, 3.63) is 24.3 Å². The maximum atomic E-state index is 8.71. The van der Waals surface area contributed by atoms with E-state index in [4.69, 9.17) is 16.7 Å². The van der Waals surface area contributed by atoms with Crippen LogP contribution in [0.2, 0.25) is 0 Å². The highest BCUT2D eigenvalue weighted by Crippen LogP contribution is 2.12. The fraction of sp³-hybridized carbons (Fsp3) is 0.200. The summed E-state index contributed by atoms with van der Waals surface area (Å²) in [4.78, 5) is 7.30. The van der Waals surface area contributed by atoms with Crippen LogP contribution < -0.4 is 0 Å². The van der Waals surface area contributed by atoms with Gasteiger partial charge in [-0.15, -0.1) is 0 Å². The van der Waals surface area contributed by atoms with E-state index in [1.807, 2.05) is 0 Å². The molecule has 3 nitrogen and oxygen atoms in total. The second kappa shape index (κ2) is 2.75. The number of hydrogen-bond acceptors (Lipinski definition) is 3. The fourth-order valence-electron chi connectivity index (χ4n) is 0.434. The minimum Gasteiger partial charge on any atom is -0.373 e. The minimum absolute atomic E-state index is 0.513. The fourth-order valence-corrected chi connectivity index (χ4v) is 0.546. The molecule has 9 heavy (non-hydrogen) atoms. The van der Waals surface area contributed by atoms with Gasteiger partial charge in [0.05, 0.1) is 0 Å². The number of halogens is 1. The van der Waals surface area contributed by atoms with Crippen molar-refractivity contribution in [2.75, 3.05) is 0 Å². The molecule has 0 saturated heterocycles. The summed E-state index contributed by atoms with van der Waals surface area (Å²) in [5, 5.41) is 8.71. The van der Waals surface area contributed by atoms with Crippen LogP contribution in [-0.2, 0) is 0 Å². The number of aliphatic hydroxyl groups is 1.